The molecule has 0 saturated heterocycles. The standard InChI is InChI=1S/C15H18N2O4S2/c1-3-17(10-12-5-4-8-22-12)15(18)11-6-7-13(21-2)14(9-11)23(16,19)20/h4-9H,3,10H2,1-2H3,(H2,16,19,20). The van der Waals surface area contributed by atoms with Crippen LogP contribution in [0.4, 0.5) is 0 Å². The smallest absolute Gasteiger partial charge is 0.254 e. The van der Waals surface area contributed by atoms with Crippen LogP contribution >= 0.6 is 11.3 Å². The van der Waals surface area contributed by atoms with E-state index in [1.807, 2.05) is 24.4 Å². The Morgan fingerprint density at radius 1 is 1.35 bits per heavy atom. The first-order valence-corrected chi connectivity index (χ1v) is 9.32. The van der Waals surface area contributed by atoms with Crippen LogP contribution in [0, 0.1) is 0 Å². The lowest BCUT2D eigenvalue weighted by Gasteiger charge is -2.20. The van der Waals surface area contributed by atoms with E-state index in [2.05, 4.69) is 0 Å². The van der Waals surface area contributed by atoms with Crippen molar-refractivity contribution in [3.63, 3.8) is 0 Å². The number of carbonyl (C=O) groups excluding carboxylic acids is 1. The molecule has 1 amide bonds. The van der Waals surface area contributed by atoms with Gasteiger partial charge in [-0.1, -0.05) is 6.07 Å². The number of benzene rings is 1. The van der Waals surface area contributed by atoms with E-state index in [0.717, 1.165) is 4.88 Å². The van der Waals surface area contributed by atoms with Gasteiger partial charge in [0.05, 0.1) is 13.7 Å². The predicted octanol–water partition coefficient (Wildman–Crippen LogP) is 2.07. The van der Waals surface area contributed by atoms with Crippen LogP contribution in [0.3, 0.4) is 0 Å². The van der Waals surface area contributed by atoms with E-state index < -0.39 is 10.0 Å². The molecule has 1 aromatic carbocycles. The van der Waals surface area contributed by atoms with E-state index in [-0.39, 0.29) is 22.1 Å². The molecular formula is C15H18N2O4S2. The number of hydrogen-bond donors (Lipinski definition) is 1. The van der Waals surface area contributed by atoms with Crippen LogP contribution < -0.4 is 9.88 Å². The minimum Gasteiger partial charge on any atom is -0.495 e. The maximum Gasteiger partial charge on any atom is 0.254 e. The minimum absolute atomic E-state index is 0.116. The molecule has 2 aromatic rings. The molecule has 2 N–H and O–H groups in total. The van der Waals surface area contributed by atoms with Crippen LogP contribution in [0.25, 0.3) is 0 Å². The van der Waals surface area contributed by atoms with Crippen LogP contribution in [-0.2, 0) is 16.6 Å². The van der Waals surface area contributed by atoms with E-state index in [4.69, 9.17) is 9.88 Å². The van der Waals surface area contributed by atoms with Gasteiger partial charge in [0.2, 0.25) is 10.0 Å². The molecule has 0 aliphatic heterocycles. The summed E-state index contributed by atoms with van der Waals surface area (Å²) in [5.74, 6) is -0.140. The van der Waals surface area contributed by atoms with Gasteiger partial charge in [0.15, 0.2) is 0 Å². The quantitative estimate of drug-likeness (QED) is 0.860. The highest BCUT2D eigenvalue weighted by molar-refractivity contribution is 7.89. The lowest BCUT2D eigenvalue weighted by Crippen LogP contribution is -2.30. The molecule has 1 aromatic heterocycles. The van der Waals surface area contributed by atoms with Gasteiger partial charge in [0, 0.05) is 17.0 Å². The van der Waals surface area contributed by atoms with Crippen molar-refractivity contribution in [2.45, 2.75) is 18.4 Å². The predicted molar refractivity (Wildman–Crippen MR) is 89.1 cm³/mol. The zero-order valence-corrected chi connectivity index (χ0v) is 14.5. The van der Waals surface area contributed by atoms with Gasteiger partial charge in [0.25, 0.3) is 5.91 Å². The van der Waals surface area contributed by atoms with E-state index in [0.29, 0.717) is 13.1 Å². The first-order chi connectivity index (χ1) is 10.9. The second-order valence-electron chi connectivity index (χ2n) is 4.81. The zero-order chi connectivity index (χ0) is 17.0. The average Bonchev–Trinajstić information content (AvgIpc) is 3.03. The van der Waals surface area contributed by atoms with E-state index in [9.17, 15) is 13.2 Å². The SMILES string of the molecule is CCN(Cc1cccs1)C(=O)c1ccc(OC)c(S(N)(=O)=O)c1. The number of rotatable bonds is 6. The summed E-state index contributed by atoms with van der Waals surface area (Å²) in [5, 5.41) is 7.13. The molecule has 6 nitrogen and oxygen atoms in total. The van der Waals surface area contributed by atoms with Crippen LogP contribution in [0.15, 0.2) is 40.6 Å². The van der Waals surface area contributed by atoms with Crippen LogP contribution in [-0.4, -0.2) is 32.9 Å². The van der Waals surface area contributed by atoms with Crippen molar-refractivity contribution in [2.75, 3.05) is 13.7 Å². The summed E-state index contributed by atoms with van der Waals surface area (Å²) >= 11 is 1.56. The lowest BCUT2D eigenvalue weighted by atomic mass is 10.2. The van der Waals surface area contributed by atoms with Crippen molar-refractivity contribution < 1.29 is 17.9 Å². The van der Waals surface area contributed by atoms with Crippen molar-refractivity contribution in [3.8, 4) is 5.75 Å². The van der Waals surface area contributed by atoms with Crippen LogP contribution in [0.1, 0.15) is 22.2 Å². The number of sulfonamides is 1. The summed E-state index contributed by atoms with van der Waals surface area (Å²) in [5.41, 5.74) is 0.258. The second-order valence-corrected chi connectivity index (χ2v) is 7.37. The highest BCUT2D eigenvalue weighted by Crippen LogP contribution is 2.25. The van der Waals surface area contributed by atoms with E-state index in [1.54, 1.807) is 16.2 Å². The topological polar surface area (TPSA) is 89.7 Å². The summed E-state index contributed by atoms with van der Waals surface area (Å²) in [6, 6.07) is 8.10. The molecule has 0 fully saturated rings. The largest absolute Gasteiger partial charge is 0.495 e. The number of carbonyl (C=O) groups is 1. The molecule has 1 heterocycles. The number of nitrogens with zero attached hydrogens (tertiary/aromatic N) is 1. The fourth-order valence-corrected chi connectivity index (χ4v) is 3.57. The molecular weight excluding hydrogens is 336 g/mol. The van der Waals surface area contributed by atoms with Crippen molar-refractivity contribution in [1.82, 2.24) is 4.90 Å². The molecule has 2 rings (SSSR count). The molecule has 8 heteroatoms. The molecule has 0 spiro atoms. The Kier molecular flexibility index (Phi) is 5.40. The summed E-state index contributed by atoms with van der Waals surface area (Å²) in [4.78, 5) is 15.1. The van der Waals surface area contributed by atoms with E-state index in [1.165, 1.54) is 25.3 Å². The normalized spacial score (nSPS) is 11.3. The second kappa shape index (κ2) is 7.12. The van der Waals surface area contributed by atoms with Gasteiger partial charge < -0.3 is 9.64 Å². The van der Waals surface area contributed by atoms with Crippen molar-refractivity contribution in [2.24, 2.45) is 5.14 Å². The Labute approximate surface area is 139 Å². The summed E-state index contributed by atoms with van der Waals surface area (Å²) in [7, 11) is -2.63. The fraction of sp³-hybridized carbons (Fsp3) is 0.267. The maximum absolute atomic E-state index is 12.6. The molecule has 0 aliphatic rings. The highest BCUT2D eigenvalue weighted by Gasteiger charge is 2.21. The van der Waals surface area contributed by atoms with Crippen LogP contribution in [0.2, 0.25) is 0 Å². The first-order valence-electron chi connectivity index (χ1n) is 6.89. The maximum atomic E-state index is 12.6. The number of nitrogens with two attached hydrogens (primary N) is 1. The molecule has 0 bridgehead atoms. The number of methoxy groups -OCH3 is 1. The van der Waals surface area contributed by atoms with Gasteiger partial charge in [-0.15, -0.1) is 11.3 Å². The zero-order valence-electron chi connectivity index (χ0n) is 12.9. The van der Waals surface area contributed by atoms with Crippen molar-refractivity contribution >= 4 is 27.3 Å². The average molecular weight is 354 g/mol. The van der Waals surface area contributed by atoms with Gasteiger partial charge in [-0.3, -0.25) is 4.79 Å². The number of amides is 1. The number of primary sulfonamides is 1. The molecule has 0 atom stereocenters. The van der Waals surface area contributed by atoms with Crippen molar-refractivity contribution in [1.29, 1.82) is 0 Å². The van der Waals surface area contributed by atoms with Gasteiger partial charge >= 0.3 is 0 Å². The minimum atomic E-state index is -3.98. The molecule has 124 valence electrons. The lowest BCUT2D eigenvalue weighted by molar-refractivity contribution is 0.0754. The monoisotopic (exact) mass is 354 g/mol. The number of hydrogen-bond acceptors (Lipinski definition) is 5. The molecule has 0 aliphatic carbocycles. The molecule has 23 heavy (non-hydrogen) atoms. The third kappa shape index (κ3) is 4.10. The van der Waals surface area contributed by atoms with Crippen LogP contribution in [0.5, 0.6) is 5.75 Å². The van der Waals surface area contributed by atoms with Gasteiger partial charge in [-0.25, -0.2) is 13.6 Å². The Morgan fingerprint density at radius 3 is 2.61 bits per heavy atom. The fourth-order valence-electron chi connectivity index (χ4n) is 2.13. The molecule has 0 unspecified atom stereocenters. The Balaban J connectivity index is 2.34. The number of thiophene rings is 1. The number of ether oxygens (including phenoxy) is 1. The summed E-state index contributed by atoms with van der Waals surface area (Å²) in [6.45, 7) is 2.85. The van der Waals surface area contributed by atoms with Gasteiger partial charge in [-0.05, 0) is 36.6 Å². The Bertz CT molecular complexity index is 786. The summed E-state index contributed by atoms with van der Waals surface area (Å²) < 4.78 is 28.3. The van der Waals surface area contributed by atoms with Crippen molar-refractivity contribution in [3.05, 3.63) is 46.2 Å². The van der Waals surface area contributed by atoms with Gasteiger partial charge in [0.1, 0.15) is 10.6 Å². The highest BCUT2D eigenvalue weighted by atomic mass is 32.2. The Hall–Kier alpha value is -1.90. The summed E-state index contributed by atoms with van der Waals surface area (Å²) in [6.07, 6.45) is 0. The molecule has 0 radical (unpaired) electrons. The van der Waals surface area contributed by atoms with E-state index >= 15 is 0 Å². The van der Waals surface area contributed by atoms with Gasteiger partial charge in [-0.2, -0.15) is 0 Å². The Morgan fingerprint density at radius 2 is 2.09 bits per heavy atom. The molecule has 0 saturated carbocycles. The third-order valence-corrected chi connectivity index (χ3v) is 5.11. The third-order valence-electron chi connectivity index (χ3n) is 3.31. The first kappa shape index (κ1) is 17.5.